The van der Waals surface area contributed by atoms with Crippen LogP contribution in [0.5, 0.6) is 11.5 Å². The third-order valence-corrected chi connectivity index (χ3v) is 5.59. The number of amides is 1. The van der Waals surface area contributed by atoms with Crippen molar-refractivity contribution in [3.05, 3.63) is 63.7 Å². The van der Waals surface area contributed by atoms with E-state index in [1.807, 2.05) is 18.2 Å². The van der Waals surface area contributed by atoms with E-state index < -0.39 is 28.9 Å². The Kier molecular flexibility index (Phi) is 9.11. The second kappa shape index (κ2) is 12.2. The quantitative estimate of drug-likeness (QED) is 0.301. The van der Waals surface area contributed by atoms with Gasteiger partial charge in [0.25, 0.3) is 11.6 Å². The fourth-order valence-electron chi connectivity index (χ4n) is 3.84. The van der Waals surface area contributed by atoms with Crippen molar-refractivity contribution in [3.63, 3.8) is 0 Å². The van der Waals surface area contributed by atoms with E-state index >= 15 is 0 Å². The Morgan fingerprint density at radius 1 is 1.12 bits per heavy atom. The summed E-state index contributed by atoms with van der Waals surface area (Å²) in [6.45, 7) is 2.61. The average Bonchev–Trinajstić information content (AvgIpc) is 2.82. The summed E-state index contributed by atoms with van der Waals surface area (Å²) < 4.78 is 34.4. The lowest BCUT2D eigenvalue weighted by Gasteiger charge is -2.34. The molecule has 9 nitrogen and oxygen atoms in total. The Hall–Kier alpha value is -3.31. The van der Waals surface area contributed by atoms with E-state index in [-0.39, 0.29) is 11.3 Å². The summed E-state index contributed by atoms with van der Waals surface area (Å²) in [5.41, 5.74) is 0.375. The lowest BCUT2D eigenvalue weighted by molar-refractivity contribution is -0.385. The SMILES string of the molecule is COc1cc(C(=O)NCCCN2CCN(Cc3ccccc3)CC2)c([N+](=O)[O-])cc1OC(F)F. The zero-order valence-electron chi connectivity index (χ0n) is 18.9. The fourth-order valence-corrected chi connectivity index (χ4v) is 3.84. The summed E-state index contributed by atoms with van der Waals surface area (Å²) in [5.74, 6) is -1.38. The van der Waals surface area contributed by atoms with Crippen LogP contribution < -0.4 is 14.8 Å². The van der Waals surface area contributed by atoms with Crippen LogP contribution >= 0.6 is 0 Å². The number of alkyl halides is 2. The summed E-state index contributed by atoms with van der Waals surface area (Å²) in [5, 5.41) is 14.0. The van der Waals surface area contributed by atoms with Crippen molar-refractivity contribution in [1.29, 1.82) is 0 Å². The first-order valence-corrected chi connectivity index (χ1v) is 11.0. The number of hydrogen-bond acceptors (Lipinski definition) is 7. The first kappa shape index (κ1) is 25.3. The predicted molar refractivity (Wildman–Crippen MR) is 121 cm³/mol. The molecular weight excluding hydrogens is 450 g/mol. The van der Waals surface area contributed by atoms with Gasteiger partial charge in [-0.2, -0.15) is 8.78 Å². The van der Waals surface area contributed by atoms with Crippen LogP contribution in [-0.4, -0.2) is 73.6 Å². The number of hydrogen-bond donors (Lipinski definition) is 1. The minimum atomic E-state index is -3.19. The number of nitrogens with zero attached hydrogens (tertiary/aromatic N) is 3. The van der Waals surface area contributed by atoms with Crippen molar-refractivity contribution in [1.82, 2.24) is 15.1 Å². The highest BCUT2D eigenvalue weighted by atomic mass is 19.3. The molecule has 1 saturated heterocycles. The first-order chi connectivity index (χ1) is 16.4. The number of carbonyl (C=O) groups is 1. The van der Waals surface area contributed by atoms with Gasteiger partial charge in [-0.1, -0.05) is 30.3 Å². The molecule has 0 unspecified atom stereocenters. The van der Waals surface area contributed by atoms with E-state index in [0.717, 1.165) is 51.4 Å². The Labute approximate surface area is 196 Å². The molecule has 0 radical (unpaired) electrons. The van der Waals surface area contributed by atoms with Gasteiger partial charge in [-0.15, -0.1) is 0 Å². The van der Waals surface area contributed by atoms with Gasteiger partial charge in [-0.3, -0.25) is 19.8 Å². The first-order valence-electron chi connectivity index (χ1n) is 11.0. The standard InChI is InChI=1S/C23H28F2N4O5/c1-33-20-14-18(19(29(31)32)15-21(20)34-23(24)25)22(30)26-8-5-9-27-10-12-28(13-11-27)16-17-6-3-2-4-7-17/h2-4,6-7,14-15,23H,5,8-13,16H2,1H3,(H,26,30). The van der Waals surface area contributed by atoms with Gasteiger partial charge in [0.05, 0.1) is 18.1 Å². The third kappa shape index (κ3) is 7.09. The van der Waals surface area contributed by atoms with Crippen LogP contribution in [0.15, 0.2) is 42.5 Å². The number of benzene rings is 2. The number of rotatable bonds is 11. The Morgan fingerprint density at radius 3 is 2.41 bits per heavy atom. The molecule has 0 spiro atoms. The minimum Gasteiger partial charge on any atom is -0.493 e. The molecule has 1 amide bonds. The number of nitro groups is 1. The van der Waals surface area contributed by atoms with E-state index in [4.69, 9.17) is 4.74 Å². The van der Waals surface area contributed by atoms with Crippen molar-refractivity contribution in [2.75, 3.05) is 46.4 Å². The average molecular weight is 478 g/mol. The Balaban J connectivity index is 1.47. The highest BCUT2D eigenvalue weighted by Gasteiger charge is 2.26. The lowest BCUT2D eigenvalue weighted by Crippen LogP contribution is -2.46. The normalized spacial score (nSPS) is 14.7. The molecule has 34 heavy (non-hydrogen) atoms. The molecule has 0 aliphatic carbocycles. The predicted octanol–water partition coefficient (Wildman–Crippen LogP) is 3.14. The molecule has 1 heterocycles. The molecule has 184 valence electrons. The van der Waals surface area contributed by atoms with Crippen LogP contribution in [0.4, 0.5) is 14.5 Å². The number of nitro benzene ring substituents is 1. The van der Waals surface area contributed by atoms with Crippen LogP contribution in [0.2, 0.25) is 0 Å². The molecule has 0 atom stereocenters. The highest BCUT2D eigenvalue weighted by Crippen LogP contribution is 2.35. The van der Waals surface area contributed by atoms with Gasteiger partial charge in [-0.05, 0) is 18.5 Å². The van der Waals surface area contributed by atoms with Crippen LogP contribution in [-0.2, 0) is 6.54 Å². The van der Waals surface area contributed by atoms with E-state index in [0.29, 0.717) is 13.0 Å². The third-order valence-electron chi connectivity index (χ3n) is 5.59. The molecule has 0 aromatic heterocycles. The Bertz CT molecular complexity index is 969. The maximum atomic E-state index is 12.6. The molecule has 1 aliphatic rings. The van der Waals surface area contributed by atoms with Crippen molar-refractivity contribution in [2.45, 2.75) is 19.6 Å². The van der Waals surface area contributed by atoms with Gasteiger partial charge >= 0.3 is 6.61 Å². The molecule has 0 bridgehead atoms. The Morgan fingerprint density at radius 2 is 1.79 bits per heavy atom. The summed E-state index contributed by atoms with van der Waals surface area (Å²) >= 11 is 0. The minimum absolute atomic E-state index is 0.190. The molecule has 2 aromatic rings. The molecule has 2 aromatic carbocycles. The summed E-state index contributed by atoms with van der Waals surface area (Å²) in [7, 11) is 1.20. The smallest absolute Gasteiger partial charge is 0.387 e. The number of piperazine rings is 1. The number of nitrogens with one attached hydrogen (secondary N) is 1. The fraction of sp³-hybridized carbons (Fsp3) is 0.435. The van der Waals surface area contributed by atoms with E-state index in [1.54, 1.807) is 0 Å². The maximum Gasteiger partial charge on any atom is 0.387 e. The van der Waals surface area contributed by atoms with Gasteiger partial charge in [-0.25, -0.2) is 0 Å². The van der Waals surface area contributed by atoms with Crippen LogP contribution in [0, 0.1) is 10.1 Å². The van der Waals surface area contributed by atoms with E-state index in [1.165, 1.54) is 12.7 Å². The number of halogens is 2. The van der Waals surface area contributed by atoms with Crippen LogP contribution in [0.1, 0.15) is 22.3 Å². The number of carbonyl (C=O) groups excluding carboxylic acids is 1. The van der Waals surface area contributed by atoms with Gasteiger partial charge in [0, 0.05) is 45.3 Å². The van der Waals surface area contributed by atoms with Crippen LogP contribution in [0.25, 0.3) is 0 Å². The summed E-state index contributed by atoms with van der Waals surface area (Å²) in [6, 6.07) is 12.1. The van der Waals surface area contributed by atoms with Gasteiger partial charge < -0.3 is 19.7 Å². The second-order valence-corrected chi connectivity index (χ2v) is 7.87. The zero-order chi connectivity index (χ0) is 24.5. The molecular formula is C23H28F2N4O5. The van der Waals surface area contributed by atoms with E-state index in [2.05, 4.69) is 32.0 Å². The van der Waals surface area contributed by atoms with Gasteiger partial charge in [0.1, 0.15) is 5.56 Å². The summed E-state index contributed by atoms with van der Waals surface area (Å²) in [6.07, 6.45) is 0.669. The number of methoxy groups -OCH3 is 1. The maximum absolute atomic E-state index is 12.6. The van der Waals surface area contributed by atoms with Crippen molar-refractivity contribution in [3.8, 4) is 11.5 Å². The second-order valence-electron chi connectivity index (χ2n) is 7.87. The zero-order valence-corrected chi connectivity index (χ0v) is 18.9. The molecule has 11 heteroatoms. The highest BCUT2D eigenvalue weighted by molar-refractivity contribution is 5.99. The largest absolute Gasteiger partial charge is 0.493 e. The van der Waals surface area contributed by atoms with Crippen molar-refractivity contribution >= 4 is 11.6 Å². The van der Waals surface area contributed by atoms with Gasteiger partial charge in [0.2, 0.25) is 0 Å². The molecule has 1 aliphatic heterocycles. The van der Waals surface area contributed by atoms with Crippen LogP contribution in [0.3, 0.4) is 0 Å². The van der Waals surface area contributed by atoms with Crippen molar-refractivity contribution < 1.29 is 28.0 Å². The van der Waals surface area contributed by atoms with E-state index in [9.17, 15) is 23.7 Å². The van der Waals surface area contributed by atoms with Gasteiger partial charge in [0.15, 0.2) is 11.5 Å². The molecule has 0 saturated carbocycles. The molecule has 1 N–H and O–H groups in total. The summed E-state index contributed by atoms with van der Waals surface area (Å²) in [4.78, 5) is 27.8. The topological polar surface area (TPSA) is 97.2 Å². The van der Waals surface area contributed by atoms with Crippen molar-refractivity contribution in [2.24, 2.45) is 0 Å². The monoisotopic (exact) mass is 478 g/mol. The molecule has 1 fully saturated rings. The molecule has 3 rings (SSSR count). The lowest BCUT2D eigenvalue weighted by atomic mass is 10.1. The number of ether oxygens (including phenoxy) is 2.